The van der Waals surface area contributed by atoms with Crippen LogP contribution in [0.3, 0.4) is 0 Å². The number of nitrogens with one attached hydrogen (secondary N) is 2. The number of hydrogen-bond acceptors (Lipinski definition) is 5. The van der Waals surface area contributed by atoms with Crippen molar-refractivity contribution in [3.8, 4) is 0 Å². The molecule has 0 saturated heterocycles. The van der Waals surface area contributed by atoms with Gasteiger partial charge in [-0.3, -0.25) is 0 Å². The van der Waals surface area contributed by atoms with Crippen molar-refractivity contribution in [2.75, 3.05) is 30.9 Å². The molecule has 30 heavy (non-hydrogen) atoms. The van der Waals surface area contributed by atoms with Gasteiger partial charge in [0.15, 0.2) is 0 Å². The molecule has 0 radical (unpaired) electrons. The maximum atomic E-state index is 4.81. The smallest absolute Gasteiger partial charge is 0.225 e. The normalized spacial score (nSPS) is 22.9. The molecule has 2 fully saturated rings. The van der Waals surface area contributed by atoms with E-state index < -0.39 is 0 Å². The first kappa shape index (κ1) is 21.4. The maximum absolute atomic E-state index is 4.81. The zero-order chi connectivity index (χ0) is 20.8. The molecule has 4 rings (SSSR count). The van der Waals surface area contributed by atoms with E-state index in [4.69, 9.17) is 9.97 Å². The zero-order valence-corrected chi connectivity index (χ0v) is 18.9. The Morgan fingerprint density at radius 1 is 0.900 bits per heavy atom. The Morgan fingerprint density at radius 2 is 1.63 bits per heavy atom. The van der Waals surface area contributed by atoms with Crippen LogP contribution in [0.15, 0.2) is 24.3 Å². The molecule has 5 heteroatoms. The molecule has 0 atom stereocenters. The summed E-state index contributed by atoms with van der Waals surface area (Å²) in [5.41, 5.74) is 1.01. The van der Waals surface area contributed by atoms with Crippen LogP contribution < -0.4 is 15.5 Å². The molecule has 0 bridgehead atoms. The Morgan fingerprint density at radius 3 is 2.40 bits per heavy atom. The number of hydrogen-bond donors (Lipinski definition) is 2. The molecule has 0 unspecified atom stereocenters. The number of anilines is 2. The van der Waals surface area contributed by atoms with Crippen LogP contribution in [-0.4, -0.2) is 42.7 Å². The molecule has 2 N–H and O–H groups in total. The average molecular weight is 410 g/mol. The van der Waals surface area contributed by atoms with Gasteiger partial charge in [0.2, 0.25) is 5.95 Å². The predicted molar refractivity (Wildman–Crippen MR) is 127 cm³/mol. The molecule has 5 nitrogen and oxygen atoms in total. The van der Waals surface area contributed by atoms with Crippen LogP contribution in [0, 0.1) is 5.92 Å². The minimum atomic E-state index is 0.474. The Kier molecular flexibility index (Phi) is 7.42. The zero-order valence-electron chi connectivity index (χ0n) is 18.9. The average Bonchev–Trinajstić information content (AvgIpc) is 2.78. The quantitative estimate of drug-likeness (QED) is 0.574. The summed E-state index contributed by atoms with van der Waals surface area (Å²) in [7, 11) is 4.09. The van der Waals surface area contributed by atoms with E-state index in [-0.39, 0.29) is 0 Å². The van der Waals surface area contributed by atoms with E-state index in [0.717, 1.165) is 28.6 Å². The SMILES string of the molecule is CN(C)c1nc(NC2CCC(NCCCC3CCCCC3)CC2)nc2ccccc12. The van der Waals surface area contributed by atoms with Gasteiger partial charge in [-0.25, -0.2) is 4.98 Å². The molecular formula is C25H39N5. The van der Waals surface area contributed by atoms with E-state index in [9.17, 15) is 0 Å². The van der Waals surface area contributed by atoms with Gasteiger partial charge in [-0.2, -0.15) is 4.98 Å². The molecule has 1 heterocycles. The summed E-state index contributed by atoms with van der Waals surface area (Å²) in [5.74, 6) is 2.76. The first-order chi connectivity index (χ1) is 14.7. The Labute approximate surface area is 182 Å². The predicted octanol–water partition coefficient (Wildman–Crippen LogP) is 5.37. The maximum Gasteiger partial charge on any atom is 0.225 e. The number of nitrogens with zero attached hydrogens (tertiary/aromatic N) is 3. The summed E-state index contributed by atoms with van der Waals surface area (Å²) in [6.07, 6.45) is 15.0. The number of para-hydroxylation sites is 1. The van der Waals surface area contributed by atoms with Gasteiger partial charge in [0, 0.05) is 31.6 Å². The van der Waals surface area contributed by atoms with Crippen molar-refractivity contribution in [2.24, 2.45) is 5.92 Å². The van der Waals surface area contributed by atoms with Crippen molar-refractivity contribution in [3.63, 3.8) is 0 Å². The van der Waals surface area contributed by atoms with Crippen molar-refractivity contribution in [1.82, 2.24) is 15.3 Å². The largest absolute Gasteiger partial charge is 0.362 e. The molecule has 0 amide bonds. The van der Waals surface area contributed by atoms with Crippen LogP contribution in [-0.2, 0) is 0 Å². The fraction of sp³-hybridized carbons (Fsp3) is 0.680. The van der Waals surface area contributed by atoms with Crippen molar-refractivity contribution in [2.45, 2.75) is 82.7 Å². The lowest BCUT2D eigenvalue weighted by Gasteiger charge is -2.30. The Hall–Kier alpha value is -1.88. The minimum Gasteiger partial charge on any atom is -0.362 e. The third-order valence-corrected chi connectivity index (χ3v) is 7.01. The van der Waals surface area contributed by atoms with Gasteiger partial charge in [-0.15, -0.1) is 0 Å². The van der Waals surface area contributed by atoms with Gasteiger partial charge in [0.1, 0.15) is 5.82 Å². The van der Waals surface area contributed by atoms with Crippen molar-refractivity contribution in [1.29, 1.82) is 0 Å². The van der Waals surface area contributed by atoms with Gasteiger partial charge < -0.3 is 15.5 Å². The lowest BCUT2D eigenvalue weighted by atomic mass is 9.86. The molecule has 1 aromatic carbocycles. The molecule has 2 aliphatic rings. The lowest BCUT2D eigenvalue weighted by Crippen LogP contribution is -2.37. The second-order valence-electron chi connectivity index (χ2n) is 9.58. The van der Waals surface area contributed by atoms with Crippen LogP contribution >= 0.6 is 0 Å². The second kappa shape index (κ2) is 10.4. The van der Waals surface area contributed by atoms with Gasteiger partial charge in [0.05, 0.1) is 5.52 Å². The van der Waals surface area contributed by atoms with Crippen LogP contribution in [0.1, 0.15) is 70.6 Å². The highest BCUT2D eigenvalue weighted by atomic mass is 15.2. The van der Waals surface area contributed by atoms with E-state index in [1.165, 1.54) is 77.2 Å². The lowest BCUT2D eigenvalue weighted by molar-refractivity contribution is 0.315. The highest BCUT2D eigenvalue weighted by molar-refractivity contribution is 5.90. The Bertz CT molecular complexity index is 791. The molecule has 2 saturated carbocycles. The van der Waals surface area contributed by atoms with Gasteiger partial charge in [-0.05, 0) is 63.1 Å². The fourth-order valence-electron chi connectivity index (χ4n) is 5.26. The summed E-state index contributed by atoms with van der Waals surface area (Å²) in [5, 5.41) is 8.56. The number of benzene rings is 1. The van der Waals surface area contributed by atoms with Gasteiger partial charge in [0.25, 0.3) is 0 Å². The van der Waals surface area contributed by atoms with Crippen LogP contribution in [0.2, 0.25) is 0 Å². The number of aromatic nitrogens is 2. The van der Waals surface area contributed by atoms with Crippen molar-refractivity contribution >= 4 is 22.7 Å². The third-order valence-electron chi connectivity index (χ3n) is 7.01. The third kappa shape index (κ3) is 5.63. The molecule has 0 aliphatic heterocycles. The molecule has 164 valence electrons. The Balaban J connectivity index is 1.23. The highest BCUT2D eigenvalue weighted by Crippen LogP contribution is 2.28. The van der Waals surface area contributed by atoms with Crippen LogP contribution in [0.5, 0.6) is 0 Å². The minimum absolute atomic E-state index is 0.474. The molecule has 2 aromatic rings. The first-order valence-electron chi connectivity index (χ1n) is 12.1. The van der Waals surface area contributed by atoms with E-state index in [1.807, 2.05) is 20.2 Å². The number of fused-ring (bicyclic) bond motifs is 1. The fourth-order valence-corrected chi connectivity index (χ4v) is 5.26. The summed E-state index contributed by atoms with van der Waals surface area (Å²) in [6, 6.07) is 9.42. The molecule has 1 aromatic heterocycles. The highest BCUT2D eigenvalue weighted by Gasteiger charge is 2.22. The monoisotopic (exact) mass is 409 g/mol. The summed E-state index contributed by atoms with van der Waals surface area (Å²) < 4.78 is 0. The summed E-state index contributed by atoms with van der Waals surface area (Å²) in [6.45, 7) is 1.19. The molecule has 0 spiro atoms. The van der Waals surface area contributed by atoms with E-state index in [0.29, 0.717) is 12.1 Å². The van der Waals surface area contributed by atoms with E-state index in [2.05, 4.69) is 33.7 Å². The van der Waals surface area contributed by atoms with Gasteiger partial charge >= 0.3 is 0 Å². The van der Waals surface area contributed by atoms with Crippen molar-refractivity contribution < 1.29 is 0 Å². The standard InChI is InChI=1S/C25H39N5/c1-30(2)24-22-12-6-7-13-23(22)28-25(29-24)27-21-16-14-20(15-17-21)26-18-8-11-19-9-4-3-5-10-19/h6-7,12-13,19-21,26H,3-5,8-11,14-18H2,1-2H3,(H,27,28,29). The summed E-state index contributed by atoms with van der Waals surface area (Å²) in [4.78, 5) is 11.7. The van der Waals surface area contributed by atoms with E-state index >= 15 is 0 Å². The van der Waals surface area contributed by atoms with Crippen LogP contribution in [0.25, 0.3) is 10.9 Å². The molecular weight excluding hydrogens is 370 g/mol. The van der Waals surface area contributed by atoms with E-state index in [1.54, 1.807) is 0 Å². The second-order valence-corrected chi connectivity index (χ2v) is 9.58. The van der Waals surface area contributed by atoms with Crippen molar-refractivity contribution in [3.05, 3.63) is 24.3 Å². The summed E-state index contributed by atoms with van der Waals surface area (Å²) >= 11 is 0. The number of rotatable bonds is 8. The first-order valence-corrected chi connectivity index (χ1v) is 12.1. The molecule has 2 aliphatic carbocycles. The topological polar surface area (TPSA) is 53.1 Å². The van der Waals surface area contributed by atoms with Crippen LogP contribution in [0.4, 0.5) is 11.8 Å². The van der Waals surface area contributed by atoms with Gasteiger partial charge in [-0.1, -0.05) is 44.2 Å².